The van der Waals surface area contributed by atoms with Gasteiger partial charge in [-0.15, -0.1) is 0 Å². The van der Waals surface area contributed by atoms with Gasteiger partial charge in [0.15, 0.2) is 5.11 Å². The molecule has 0 fully saturated rings. The second-order valence-electron chi connectivity index (χ2n) is 7.71. The lowest BCUT2D eigenvalue weighted by Crippen LogP contribution is -2.46. The van der Waals surface area contributed by atoms with Gasteiger partial charge in [0.25, 0.3) is 5.91 Å². The van der Waals surface area contributed by atoms with Crippen LogP contribution in [0.4, 0.5) is 5.69 Å². The van der Waals surface area contributed by atoms with Crippen LogP contribution in [0.25, 0.3) is 0 Å². The van der Waals surface area contributed by atoms with Gasteiger partial charge >= 0.3 is 5.97 Å². The molecule has 10 heteroatoms. The number of nitrogens with one attached hydrogen (secondary N) is 2. The summed E-state index contributed by atoms with van der Waals surface area (Å²) in [4.78, 5) is 27.4. The summed E-state index contributed by atoms with van der Waals surface area (Å²) in [5.74, 6) is 0.218. The van der Waals surface area contributed by atoms with E-state index >= 15 is 0 Å². The van der Waals surface area contributed by atoms with Crippen LogP contribution in [0.15, 0.2) is 53.7 Å². The fraction of sp³-hybridized carbons (Fsp3) is 0.320. The minimum absolute atomic E-state index is 0.146. The van der Waals surface area contributed by atoms with Crippen LogP contribution in [0.5, 0.6) is 11.5 Å². The first-order valence-electron chi connectivity index (χ1n) is 10.8. The summed E-state index contributed by atoms with van der Waals surface area (Å²) in [5, 5.41) is 6.55. The molecule has 9 nitrogen and oxygen atoms in total. The summed E-state index contributed by atoms with van der Waals surface area (Å²) in [6.07, 6.45) is 0. The van der Waals surface area contributed by atoms with Gasteiger partial charge in [-0.05, 0) is 49.0 Å². The third-order valence-corrected chi connectivity index (χ3v) is 6.04. The van der Waals surface area contributed by atoms with Gasteiger partial charge in [0.1, 0.15) is 18.1 Å². The van der Waals surface area contributed by atoms with Crippen molar-refractivity contribution in [3.05, 3.63) is 64.9 Å². The molecule has 0 bridgehead atoms. The van der Waals surface area contributed by atoms with Crippen molar-refractivity contribution in [1.82, 2.24) is 10.2 Å². The molecule has 2 N–H and O–H groups in total. The second-order valence-corrected chi connectivity index (χ2v) is 8.10. The lowest BCUT2D eigenvalue weighted by Gasteiger charge is -2.35. The molecule has 186 valence electrons. The second kappa shape index (κ2) is 11.7. The number of nitrogens with zero attached hydrogens (tertiary/aromatic N) is 1. The van der Waals surface area contributed by atoms with Crippen molar-refractivity contribution >= 4 is 34.9 Å². The van der Waals surface area contributed by atoms with Crippen LogP contribution in [-0.4, -0.2) is 63.5 Å². The van der Waals surface area contributed by atoms with E-state index in [2.05, 4.69) is 10.6 Å². The Morgan fingerprint density at radius 1 is 1.06 bits per heavy atom. The Balaban J connectivity index is 1.82. The SMILES string of the molecule is COCCOC(=O)C1=C(C)N(C)C(=S)NC1c1ccc(NC(=O)c2ccc(OC)cc2OC)cc1. The number of carbonyl (C=O) groups is 2. The first-order chi connectivity index (χ1) is 16.8. The summed E-state index contributed by atoms with van der Waals surface area (Å²) < 4.78 is 20.9. The van der Waals surface area contributed by atoms with Gasteiger partial charge < -0.3 is 34.5 Å². The zero-order valence-corrected chi connectivity index (χ0v) is 21.2. The van der Waals surface area contributed by atoms with E-state index in [1.54, 1.807) is 56.5 Å². The maximum atomic E-state index is 12.9. The predicted octanol–water partition coefficient (Wildman–Crippen LogP) is 3.28. The normalized spacial score (nSPS) is 15.4. The smallest absolute Gasteiger partial charge is 0.338 e. The summed E-state index contributed by atoms with van der Waals surface area (Å²) in [7, 11) is 6.37. The molecule has 0 aromatic heterocycles. The highest BCUT2D eigenvalue weighted by Gasteiger charge is 2.33. The Morgan fingerprint density at radius 2 is 1.77 bits per heavy atom. The molecule has 1 atom stereocenters. The summed E-state index contributed by atoms with van der Waals surface area (Å²) in [6.45, 7) is 2.27. The van der Waals surface area contributed by atoms with Gasteiger partial charge in [0.05, 0.1) is 38.0 Å². The summed E-state index contributed by atoms with van der Waals surface area (Å²) >= 11 is 5.44. The largest absolute Gasteiger partial charge is 0.497 e. The minimum atomic E-state index is -0.500. The van der Waals surface area contributed by atoms with Crippen LogP contribution >= 0.6 is 12.2 Å². The summed E-state index contributed by atoms with van der Waals surface area (Å²) in [6, 6.07) is 11.6. The Hall–Kier alpha value is -3.63. The van der Waals surface area contributed by atoms with E-state index in [4.69, 9.17) is 31.2 Å². The van der Waals surface area contributed by atoms with E-state index in [9.17, 15) is 9.59 Å². The molecule has 0 saturated heterocycles. The van der Waals surface area contributed by atoms with Crippen LogP contribution in [0.3, 0.4) is 0 Å². The molecular weight excluding hydrogens is 470 g/mol. The first-order valence-corrected chi connectivity index (χ1v) is 11.3. The lowest BCUT2D eigenvalue weighted by molar-refractivity contribution is -0.140. The van der Waals surface area contributed by atoms with E-state index in [0.717, 1.165) is 5.56 Å². The van der Waals surface area contributed by atoms with Gasteiger partial charge in [-0.1, -0.05) is 12.1 Å². The third kappa shape index (κ3) is 5.90. The van der Waals surface area contributed by atoms with Crippen LogP contribution in [0, 0.1) is 0 Å². The molecule has 3 rings (SSSR count). The number of hydrogen-bond donors (Lipinski definition) is 2. The fourth-order valence-corrected chi connectivity index (χ4v) is 3.84. The van der Waals surface area contributed by atoms with E-state index in [-0.39, 0.29) is 12.5 Å². The van der Waals surface area contributed by atoms with E-state index in [0.29, 0.717) is 45.7 Å². The number of carbonyl (C=O) groups excluding carboxylic acids is 2. The van der Waals surface area contributed by atoms with Crippen molar-refractivity contribution in [3.8, 4) is 11.5 Å². The number of esters is 1. The van der Waals surface area contributed by atoms with Gasteiger partial charge in [0, 0.05) is 31.6 Å². The first kappa shape index (κ1) is 26.0. The molecule has 0 aliphatic carbocycles. The zero-order valence-electron chi connectivity index (χ0n) is 20.3. The molecule has 1 aliphatic rings. The van der Waals surface area contributed by atoms with Crippen molar-refractivity contribution < 1.29 is 28.5 Å². The molecule has 35 heavy (non-hydrogen) atoms. The molecule has 1 heterocycles. The van der Waals surface area contributed by atoms with Crippen molar-refractivity contribution in [1.29, 1.82) is 0 Å². The Morgan fingerprint density at radius 3 is 2.40 bits per heavy atom. The van der Waals surface area contributed by atoms with Crippen molar-refractivity contribution in [2.75, 3.05) is 46.9 Å². The molecule has 2 aromatic carbocycles. The lowest BCUT2D eigenvalue weighted by atomic mass is 9.95. The number of amides is 1. The molecule has 2 aromatic rings. The Kier molecular flexibility index (Phi) is 8.67. The number of ether oxygens (including phenoxy) is 4. The topological polar surface area (TPSA) is 98.4 Å². The molecule has 0 radical (unpaired) electrons. The van der Waals surface area contributed by atoms with E-state index < -0.39 is 12.0 Å². The standard InChI is InChI=1S/C25H29N3O6S/c1-15-21(24(30)34-13-12-31-3)22(27-25(35)28(15)2)16-6-8-17(9-7-16)26-23(29)19-11-10-18(32-4)14-20(19)33-5/h6-11,14,22H,12-13H2,1-5H3,(H,26,29)(H,27,35). The monoisotopic (exact) mass is 499 g/mol. The quantitative estimate of drug-likeness (QED) is 0.306. The van der Waals surface area contributed by atoms with E-state index in [1.165, 1.54) is 7.11 Å². The van der Waals surface area contributed by atoms with Crippen LogP contribution in [-0.2, 0) is 14.3 Å². The highest BCUT2D eigenvalue weighted by atomic mass is 32.1. The highest BCUT2D eigenvalue weighted by molar-refractivity contribution is 7.80. The van der Waals surface area contributed by atoms with Crippen LogP contribution < -0.4 is 20.1 Å². The maximum Gasteiger partial charge on any atom is 0.338 e. The number of thiocarbonyl (C=S) groups is 1. The number of methoxy groups -OCH3 is 3. The van der Waals surface area contributed by atoms with Crippen LogP contribution in [0.2, 0.25) is 0 Å². The molecule has 1 aliphatic heterocycles. The molecule has 1 unspecified atom stereocenters. The minimum Gasteiger partial charge on any atom is -0.497 e. The zero-order chi connectivity index (χ0) is 25.5. The molecule has 0 spiro atoms. The average molecular weight is 500 g/mol. The number of allylic oxidation sites excluding steroid dienone is 1. The number of rotatable bonds is 9. The Bertz CT molecular complexity index is 1130. The van der Waals surface area contributed by atoms with Crippen molar-refractivity contribution in [2.24, 2.45) is 0 Å². The van der Waals surface area contributed by atoms with Gasteiger partial charge in [-0.25, -0.2) is 4.79 Å². The molecular formula is C25H29N3O6S. The van der Waals surface area contributed by atoms with Crippen molar-refractivity contribution in [2.45, 2.75) is 13.0 Å². The maximum absolute atomic E-state index is 12.9. The number of anilines is 1. The van der Waals surface area contributed by atoms with Crippen molar-refractivity contribution in [3.63, 3.8) is 0 Å². The number of hydrogen-bond acceptors (Lipinski definition) is 7. The van der Waals surface area contributed by atoms with Gasteiger partial charge in [0.2, 0.25) is 0 Å². The van der Waals surface area contributed by atoms with Gasteiger partial charge in [-0.3, -0.25) is 4.79 Å². The van der Waals surface area contributed by atoms with E-state index in [1.807, 2.05) is 19.1 Å². The predicted molar refractivity (Wildman–Crippen MR) is 136 cm³/mol. The summed E-state index contributed by atoms with van der Waals surface area (Å²) in [5.41, 5.74) is 2.90. The highest BCUT2D eigenvalue weighted by Crippen LogP contribution is 2.32. The van der Waals surface area contributed by atoms with Crippen LogP contribution in [0.1, 0.15) is 28.9 Å². The van der Waals surface area contributed by atoms with Gasteiger partial charge in [-0.2, -0.15) is 0 Å². The average Bonchev–Trinajstić information content (AvgIpc) is 2.87. The number of benzene rings is 2. The third-order valence-electron chi connectivity index (χ3n) is 5.65. The Labute approximate surface area is 210 Å². The fourth-order valence-electron chi connectivity index (χ4n) is 3.59. The molecule has 1 amide bonds. The molecule has 0 saturated carbocycles.